The van der Waals surface area contributed by atoms with Crippen molar-refractivity contribution in [2.24, 2.45) is 5.10 Å². The molecule has 0 fully saturated rings. The third-order valence-corrected chi connectivity index (χ3v) is 5.38. The van der Waals surface area contributed by atoms with E-state index in [9.17, 15) is 4.79 Å². The van der Waals surface area contributed by atoms with Crippen molar-refractivity contribution >= 4 is 29.0 Å². The van der Waals surface area contributed by atoms with Crippen LogP contribution in [0, 0.1) is 0 Å². The number of carbonyl (C=O) groups is 1. The number of thioether (sulfide) groups is 1. The second-order valence-electron chi connectivity index (χ2n) is 6.20. The number of pyridine rings is 1. The van der Waals surface area contributed by atoms with Gasteiger partial charge in [0, 0.05) is 12.6 Å². The fraction of sp³-hybridized carbons (Fsp3) is 0.158. The van der Waals surface area contributed by atoms with Gasteiger partial charge in [-0.3, -0.25) is 9.20 Å². The first kappa shape index (κ1) is 16.8. The van der Waals surface area contributed by atoms with Gasteiger partial charge in [-0.25, -0.2) is 5.01 Å². The zero-order valence-corrected chi connectivity index (χ0v) is 15.5. The predicted octanol–water partition coefficient (Wildman–Crippen LogP) is 3.39. The molecule has 1 atom stereocenters. The Balaban J connectivity index is 1.38. The number of hydrogen-bond donors (Lipinski definition) is 0. The van der Waals surface area contributed by atoms with Gasteiger partial charge in [-0.1, -0.05) is 17.8 Å². The summed E-state index contributed by atoms with van der Waals surface area (Å²) in [5, 5.41) is 14.9. The van der Waals surface area contributed by atoms with Crippen LogP contribution in [-0.2, 0) is 4.79 Å². The molecular formula is C19H15N5O3S. The molecule has 0 saturated heterocycles. The highest BCUT2D eigenvalue weighted by atomic mass is 32.2. The van der Waals surface area contributed by atoms with Gasteiger partial charge in [0.05, 0.1) is 18.3 Å². The Hall–Kier alpha value is -3.33. The van der Waals surface area contributed by atoms with Gasteiger partial charge >= 0.3 is 0 Å². The third-order valence-electron chi connectivity index (χ3n) is 4.45. The lowest BCUT2D eigenvalue weighted by atomic mass is 10.1. The van der Waals surface area contributed by atoms with Crippen molar-refractivity contribution in [3.63, 3.8) is 0 Å². The first-order chi connectivity index (χ1) is 13.8. The highest BCUT2D eigenvalue weighted by Crippen LogP contribution is 2.34. The van der Waals surface area contributed by atoms with Crippen molar-refractivity contribution < 1.29 is 13.6 Å². The highest BCUT2D eigenvalue weighted by molar-refractivity contribution is 7.99. The number of hydrazone groups is 1. The monoisotopic (exact) mass is 393 g/mol. The molecule has 4 aromatic heterocycles. The minimum Gasteiger partial charge on any atom is -0.467 e. The number of fused-ring (bicyclic) bond motifs is 1. The van der Waals surface area contributed by atoms with E-state index in [0.29, 0.717) is 23.1 Å². The number of nitrogens with zero attached hydrogens (tertiary/aromatic N) is 5. The molecule has 4 aromatic rings. The van der Waals surface area contributed by atoms with E-state index in [-0.39, 0.29) is 17.7 Å². The van der Waals surface area contributed by atoms with Gasteiger partial charge in [0.2, 0.25) is 0 Å². The van der Waals surface area contributed by atoms with E-state index in [1.165, 1.54) is 16.8 Å². The van der Waals surface area contributed by atoms with Crippen LogP contribution in [0.1, 0.15) is 24.0 Å². The van der Waals surface area contributed by atoms with Crippen LogP contribution < -0.4 is 0 Å². The van der Waals surface area contributed by atoms with E-state index in [2.05, 4.69) is 15.3 Å². The summed E-state index contributed by atoms with van der Waals surface area (Å²) < 4.78 is 12.8. The Morgan fingerprint density at radius 2 is 2.00 bits per heavy atom. The molecule has 8 nitrogen and oxygen atoms in total. The molecule has 0 unspecified atom stereocenters. The third kappa shape index (κ3) is 2.99. The molecule has 0 N–H and O–H groups in total. The molecular weight excluding hydrogens is 378 g/mol. The number of hydrogen-bond acceptors (Lipinski definition) is 7. The maximum atomic E-state index is 13.0. The van der Waals surface area contributed by atoms with Gasteiger partial charge in [-0.05, 0) is 36.4 Å². The van der Waals surface area contributed by atoms with Gasteiger partial charge in [0.25, 0.3) is 5.91 Å². The molecule has 0 bridgehead atoms. The van der Waals surface area contributed by atoms with E-state index >= 15 is 0 Å². The van der Waals surface area contributed by atoms with E-state index in [4.69, 9.17) is 8.83 Å². The van der Waals surface area contributed by atoms with Gasteiger partial charge in [0.1, 0.15) is 23.3 Å². The molecule has 1 amide bonds. The topological polar surface area (TPSA) is 89.1 Å². The number of carbonyl (C=O) groups excluding carboxylic acids is 1. The van der Waals surface area contributed by atoms with Crippen molar-refractivity contribution in [1.82, 2.24) is 19.6 Å². The molecule has 0 radical (unpaired) electrons. The summed E-state index contributed by atoms with van der Waals surface area (Å²) in [6, 6.07) is 12.7. The molecule has 1 aliphatic rings. The number of aromatic nitrogens is 3. The molecule has 0 aromatic carbocycles. The summed E-state index contributed by atoms with van der Waals surface area (Å²) in [4.78, 5) is 13.0. The van der Waals surface area contributed by atoms with Crippen LogP contribution in [-0.4, -0.2) is 37.0 Å². The number of furan rings is 2. The predicted molar refractivity (Wildman–Crippen MR) is 102 cm³/mol. The summed E-state index contributed by atoms with van der Waals surface area (Å²) in [6.07, 6.45) is 5.60. The maximum absolute atomic E-state index is 13.0. The van der Waals surface area contributed by atoms with Crippen LogP contribution in [0.4, 0.5) is 0 Å². The first-order valence-corrected chi connectivity index (χ1v) is 9.67. The molecule has 5 heterocycles. The Morgan fingerprint density at radius 1 is 1.11 bits per heavy atom. The fourth-order valence-electron chi connectivity index (χ4n) is 3.14. The van der Waals surface area contributed by atoms with Crippen LogP contribution in [0.15, 0.2) is 80.3 Å². The fourth-order valence-corrected chi connectivity index (χ4v) is 3.92. The SMILES string of the molecule is O=C(CSc1nnc2ccccn12)N1N=C(c2ccco2)C[C@@H]1c1ccco1. The lowest BCUT2D eigenvalue weighted by Crippen LogP contribution is -2.28. The largest absolute Gasteiger partial charge is 0.467 e. The minimum absolute atomic E-state index is 0.138. The molecule has 0 aliphatic carbocycles. The Labute approximate surface area is 163 Å². The second-order valence-corrected chi connectivity index (χ2v) is 7.14. The van der Waals surface area contributed by atoms with Crippen molar-refractivity contribution in [2.75, 3.05) is 5.75 Å². The highest BCUT2D eigenvalue weighted by Gasteiger charge is 2.35. The average molecular weight is 393 g/mol. The second kappa shape index (κ2) is 7.01. The van der Waals surface area contributed by atoms with E-state index in [1.807, 2.05) is 40.9 Å². The van der Waals surface area contributed by atoms with Crippen molar-refractivity contribution in [1.29, 1.82) is 0 Å². The Kier molecular flexibility index (Phi) is 4.21. The molecule has 9 heteroatoms. The summed E-state index contributed by atoms with van der Waals surface area (Å²) in [5.74, 6) is 1.39. The van der Waals surface area contributed by atoms with Crippen LogP contribution in [0.5, 0.6) is 0 Å². The van der Waals surface area contributed by atoms with Gasteiger partial charge in [0.15, 0.2) is 10.8 Å². The molecule has 140 valence electrons. The van der Waals surface area contributed by atoms with Crippen LogP contribution in [0.2, 0.25) is 0 Å². The van der Waals surface area contributed by atoms with Crippen molar-refractivity contribution in [2.45, 2.75) is 17.6 Å². The Bertz CT molecular complexity index is 1130. The smallest absolute Gasteiger partial charge is 0.253 e. The van der Waals surface area contributed by atoms with E-state index in [1.54, 1.807) is 24.7 Å². The molecule has 28 heavy (non-hydrogen) atoms. The zero-order chi connectivity index (χ0) is 18.9. The summed E-state index contributed by atoms with van der Waals surface area (Å²) in [5.41, 5.74) is 1.46. The molecule has 1 aliphatic heterocycles. The van der Waals surface area contributed by atoms with Gasteiger partial charge in [-0.2, -0.15) is 5.10 Å². The molecule has 5 rings (SSSR count). The van der Waals surface area contributed by atoms with Gasteiger partial charge < -0.3 is 8.83 Å². The Morgan fingerprint density at radius 3 is 2.82 bits per heavy atom. The van der Waals surface area contributed by atoms with E-state index < -0.39 is 0 Å². The first-order valence-electron chi connectivity index (χ1n) is 8.69. The lowest BCUT2D eigenvalue weighted by Gasteiger charge is -2.19. The zero-order valence-electron chi connectivity index (χ0n) is 14.6. The van der Waals surface area contributed by atoms with E-state index in [0.717, 1.165) is 11.4 Å². The van der Waals surface area contributed by atoms with Crippen LogP contribution in [0.3, 0.4) is 0 Å². The lowest BCUT2D eigenvalue weighted by molar-refractivity contribution is -0.130. The van der Waals surface area contributed by atoms with Crippen LogP contribution in [0.25, 0.3) is 5.65 Å². The average Bonchev–Trinajstić information content (AvgIpc) is 3.52. The normalized spacial score (nSPS) is 16.6. The van der Waals surface area contributed by atoms with Gasteiger partial charge in [-0.15, -0.1) is 10.2 Å². The number of rotatable bonds is 5. The summed E-state index contributed by atoms with van der Waals surface area (Å²) >= 11 is 1.32. The summed E-state index contributed by atoms with van der Waals surface area (Å²) in [6.45, 7) is 0. The number of amides is 1. The quantitative estimate of drug-likeness (QED) is 0.483. The summed E-state index contributed by atoms with van der Waals surface area (Å²) in [7, 11) is 0. The minimum atomic E-state index is -0.293. The standard InChI is InChI=1S/C19H15N5O3S/c25-18(12-28-19-21-20-17-7-1-2-8-23(17)19)24-14(16-6-4-10-27-16)11-13(22-24)15-5-3-9-26-15/h1-10,14H,11-12H2/t14-/m1/s1. The van der Waals surface area contributed by atoms with Crippen LogP contribution >= 0.6 is 11.8 Å². The van der Waals surface area contributed by atoms with Crippen molar-refractivity contribution in [3.8, 4) is 0 Å². The van der Waals surface area contributed by atoms with Crippen molar-refractivity contribution in [3.05, 3.63) is 72.7 Å². The maximum Gasteiger partial charge on any atom is 0.253 e. The molecule has 0 saturated carbocycles. The molecule has 0 spiro atoms.